The lowest BCUT2D eigenvalue weighted by Gasteiger charge is -2.26. The molecular formula is C23H27N3O2. The molecule has 0 spiro atoms. The zero-order chi connectivity index (χ0) is 19.9. The van der Waals surface area contributed by atoms with Crippen LogP contribution in [-0.2, 0) is 17.8 Å². The van der Waals surface area contributed by atoms with Gasteiger partial charge >= 0.3 is 0 Å². The highest BCUT2D eigenvalue weighted by atomic mass is 16.2. The van der Waals surface area contributed by atoms with Gasteiger partial charge in [-0.1, -0.05) is 56.3 Å². The number of carbonyl (C=O) groups is 1. The Morgan fingerprint density at radius 1 is 1.04 bits per heavy atom. The molecule has 1 heterocycles. The lowest BCUT2D eigenvalue weighted by Crippen LogP contribution is -2.37. The molecule has 0 saturated heterocycles. The van der Waals surface area contributed by atoms with E-state index in [2.05, 4.69) is 22.1 Å². The lowest BCUT2D eigenvalue weighted by molar-refractivity contribution is -0.136. The summed E-state index contributed by atoms with van der Waals surface area (Å²) in [6, 6.07) is 17.4. The Kier molecular flexibility index (Phi) is 6.58. The Balaban J connectivity index is 1.85. The SMILES string of the molecule is CCC(CC)C(=O)N(CCc1ccccc1)Cc1nc2ccccc2c(=O)[nH]1. The minimum atomic E-state index is -0.168. The Bertz CT molecular complexity index is 978. The summed E-state index contributed by atoms with van der Waals surface area (Å²) in [5.74, 6) is 0.635. The second-order valence-electron chi connectivity index (χ2n) is 7.04. The van der Waals surface area contributed by atoms with Gasteiger partial charge < -0.3 is 9.88 Å². The number of fused-ring (bicyclic) bond motifs is 1. The van der Waals surface area contributed by atoms with Crippen LogP contribution < -0.4 is 5.56 Å². The van der Waals surface area contributed by atoms with Crippen LogP contribution in [0.25, 0.3) is 10.9 Å². The minimum absolute atomic E-state index is 0.0112. The quantitative estimate of drug-likeness (QED) is 0.647. The van der Waals surface area contributed by atoms with Crippen molar-refractivity contribution < 1.29 is 4.79 Å². The van der Waals surface area contributed by atoms with Crippen LogP contribution in [-0.4, -0.2) is 27.3 Å². The van der Waals surface area contributed by atoms with Gasteiger partial charge in [-0.3, -0.25) is 9.59 Å². The number of carbonyl (C=O) groups excluding carboxylic acids is 1. The van der Waals surface area contributed by atoms with Gasteiger partial charge in [-0.25, -0.2) is 4.98 Å². The molecule has 0 fully saturated rings. The predicted molar refractivity (Wildman–Crippen MR) is 112 cm³/mol. The first kappa shape index (κ1) is 19.8. The summed E-state index contributed by atoms with van der Waals surface area (Å²) in [5.41, 5.74) is 1.67. The molecule has 146 valence electrons. The van der Waals surface area contributed by atoms with E-state index in [1.54, 1.807) is 6.07 Å². The topological polar surface area (TPSA) is 66.1 Å². The van der Waals surface area contributed by atoms with Crippen LogP contribution in [0.1, 0.15) is 38.1 Å². The molecule has 2 aromatic carbocycles. The molecule has 0 bridgehead atoms. The number of H-pyrrole nitrogens is 1. The van der Waals surface area contributed by atoms with E-state index in [1.165, 1.54) is 5.56 Å². The average Bonchev–Trinajstić information content (AvgIpc) is 2.72. The number of nitrogens with one attached hydrogen (secondary N) is 1. The number of aromatic nitrogens is 2. The number of hydrogen-bond donors (Lipinski definition) is 1. The number of amides is 1. The predicted octanol–water partition coefficient (Wildman–Crippen LogP) is 3.93. The zero-order valence-corrected chi connectivity index (χ0v) is 16.5. The molecule has 0 aliphatic rings. The van der Waals surface area contributed by atoms with Crippen LogP contribution in [0.4, 0.5) is 0 Å². The number of aromatic amines is 1. The van der Waals surface area contributed by atoms with Gasteiger partial charge in [0.1, 0.15) is 5.82 Å². The van der Waals surface area contributed by atoms with Gasteiger partial charge in [-0.15, -0.1) is 0 Å². The normalized spacial score (nSPS) is 11.1. The smallest absolute Gasteiger partial charge is 0.258 e. The Morgan fingerprint density at radius 2 is 1.71 bits per heavy atom. The van der Waals surface area contributed by atoms with Crippen LogP contribution in [0.5, 0.6) is 0 Å². The standard InChI is InChI=1S/C23H27N3O2/c1-3-18(4-2)23(28)26(15-14-17-10-6-5-7-11-17)16-21-24-20-13-9-8-12-19(20)22(27)25-21/h5-13,18H,3-4,14-16H2,1-2H3,(H,24,25,27). The van der Waals surface area contributed by atoms with Crippen molar-refractivity contribution >= 4 is 16.8 Å². The highest BCUT2D eigenvalue weighted by molar-refractivity contribution is 5.79. The van der Waals surface area contributed by atoms with E-state index in [0.717, 1.165) is 19.3 Å². The van der Waals surface area contributed by atoms with Crippen molar-refractivity contribution in [2.75, 3.05) is 6.54 Å². The molecule has 0 atom stereocenters. The fourth-order valence-electron chi connectivity index (χ4n) is 3.46. The van der Waals surface area contributed by atoms with Crippen LogP contribution in [0.2, 0.25) is 0 Å². The zero-order valence-electron chi connectivity index (χ0n) is 16.5. The van der Waals surface area contributed by atoms with E-state index >= 15 is 0 Å². The maximum Gasteiger partial charge on any atom is 0.258 e. The molecule has 28 heavy (non-hydrogen) atoms. The summed E-state index contributed by atoms with van der Waals surface area (Å²) >= 11 is 0. The van der Waals surface area contributed by atoms with E-state index in [-0.39, 0.29) is 17.4 Å². The molecule has 3 rings (SSSR count). The van der Waals surface area contributed by atoms with E-state index in [1.807, 2.05) is 55.1 Å². The molecule has 0 aliphatic heterocycles. The number of nitrogens with zero attached hydrogens (tertiary/aromatic N) is 2. The highest BCUT2D eigenvalue weighted by Gasteiger charge is 2.22. The molecule has 0 saturated carbocycles. The summed E-state index contributed by atoms with van der Waals surface area (Å²) < 4.78 is 0. The number of para-hydroxylation sites is 1. The molecule has 0 aliphatic carbocycles. The number of hydrogen-bond acceptors (Lipinski definition) is 3. The van der Waals surface area contributed by atoms with Gasteiger partial charge in [0.15, 0.2) is 0 Å². The summed E-state index contributed by atoms with van der Waals surface area (Å²) in [6.07, 6.45) is 2.38. The van der Waals surface area contributed by atoms with Crippen LogP contribution >= 0.6 is 0 Å². The molecule has 1 N–H and O–H groups in total. The largest absolute Gasteiger partial charge is 0.335 e. The van der Waals surface area contributed by atoms with Crippen LogP contribution in [0, 0.1) is 5.92 Å². The Labute approximate surface area is 165 Å². The molecule has 3 aromatic rings. The van der Waals surface area contributed by atoms with Gasteiger partial charge in [0.2, 0.25) is 5.91 Å². The van der Waals surface area contributed by atoms with E-state index in [4.69, 9.17) is 0 Å². The van der Waals surface area contributed by atoms with E-state index < -0.39 is 0 Å². The maximum atomic E-state index is 13.1. The summed E-state index contributed by atoms with van der Waals surface area (Å²) in [6.45, 7) is 4.98. The van der Waals surface area contributed by atoms with Crippen molar-refractivity contribution in [3.05, 3.63) is 76.3 Å². The van der Waals surface area contributed by atoms with Crippen molar-refractivity contribution in [2.45, 2.75) is 39.7 Å². The van der Waals surface area contributed by atoms with Gasteiger partial charge in [-0.05, 0) is 37.0 Å². The monoisotopic (exact) mass is 377 g/mol. The Morgan fingerprint density at radius 3 is 2.43 bits per heavy atom. The van der Waals surface area contributed by atoms with Gasteiger partial charge in [0.05, 0.1) is 17.4 Å². The average molecular weight is 377 g/mol. The van der Waals surface area contributed by atoms with Crippen molar-refractivity contribution in [1.82, 2.24) is 14.9 Å². The molecule has 1 amide bonds. The Hall–Kier alpha value is -2.95. The fraction of sp³-hybridized carbons (Fsp3) is 0.348. The summed E-state index contributed by atoms with van der Waals surface area (Å²) in [5, 5.41) is 0.563. The van der Waals surface area contributed by atoms with Gasteiger partial charge in [-0.2, -0.15) is 0 Å². The third kappa shape index (κ3) is 4.66. The first-order chi connectivity index (χ1) is 13.6. The third-order valence-corrected chi connectivity index (χ3v) is 5.16. The van der Waals surface area contributed by atoms with Gasteiger partial charge in [0, 0.05) is 12.5 Å². The summed E-state index contributed by atoms with van der Waals surface area (Å²) in [4.78, 5) is 34.7. The molecule has 5 heteroatoms. The molecule has 5 nitrogen and oxygen atoms in total. The fourth-order valence-corrected chi connectivity index (χ4v) is 3.46. The van der Waals surface area contributed by atoms with Gasteiger partial charge in [0.25, 0.3) is 5.56 Å². The van der Waals surface area contributed by atoms with E-state index in [0.29, 0.717) is 29.8 Å². The first-order valence-corrected chi connectivity index (χ1v) is 9.93. The first-order valence-electron chi connectivity index (χ1n) is 9.93. The van der Waals surface area contributed by atoms with Crippen molar-refractivity contribution in [2.24, 2.45) is 5.92 Å². The van der Waals surface area contributed by atoms with Crippen molar-refractivity contribution in [3.8, 4) is 0 Å². The minimum Gasteiger partial charge on any atom is -0.335 e. The molecular weight excluding hydrogens is 350 g/mol. The van der Waals surface area contributed by atoms with Crippen molar-refractivity contribution in [1.29, 1.82) is 0 Å². The maximum absolute atomic E-state index is 13.1. The highest BCUT2D eigenvalue weighted by Crippen LogP contribution is 2.15. The third-order valence-electron chi connectivity index (χ3n) is 5.16. The number of rotatable bonds is 8. The number of benzene rings is 2. The second-order valence-corrected chi connectivity index (χ2v) is 7.04. The summed E-state index contributed by atoms with van der Waals surface area (Å²) in [7, 11) is 0. The molecule has 1 aromatic heterocycles. The van der Waals surface area contributed by atoms with Crippen molar-refractivity contribution in [3.63, 3.8) is 0 Å². The van der Waals surface area contributed by atoms with Crippen LogP contribution in [0.15, 0.2) is 59.4 Å². The molecule has 0 unspecified atom stereocenters. The van der Waals surface area contributed by atoms with Crippen LogP contribution in [0.3, 0.4) is 0 Å². The molecule has 0 radical (unpaired) electrons. The van der Waals surface area contributed by atoms with E-state index in [9.17, 15) is 9.59 Å². The lowest BCUT2D eigenvalue weighted by atomic mass is 10.0. The second kappa shape index (κ2) is 9.31.